The molecular formula is C19H30N2O2. The van der Waals surface area contributed by atoms with E-state index in [-0.39, 0.29) is 5.91 Å². The van der Waals surface area contributed by atoms with E-state index in [0.29, 0.717) is 13.2 Å². The van der Waals surface area contributed by atoms with E-state index in [0.717, 1.165) is 31.1 Å². The molecule has 23 heavy (non-hydrogen) atoms. The smallest absolute Gasteiger partial charge is 0.251 e. The first-order valence-electron chi connectivity index (χ1n) is 8.86. The second-order valence-electron chi connectivity index (χ2n) is 6.46. The fourth-order valence-corrected chi connectivity index (χ4v) is 2.86. The zero-order valence-corrected chi connectivity index (χ0v) is 14.5. The second-order valence-corrected chi connectivity index (χ2v) is 6.46. The molecule has 1 aliphatic heterocycles. The normalized spacial score (nSPS) is 16.4. The molecule has 0 aliphatic carbocycles. The number of piperidine rings is 1. The molecule has 1 fully saturated rings. The molecule has 0 unspecified atom stereocenters. The molecule has 1 saturated heterocycles. The lowest BCUT2D eigenvalue weighted by Crippen LogP contribution is -2.32. The van der Waals surface area contributed by atoms with E-state index < -0.39 is 0 Å². The SMILES string of the molecule is CCOCCCNC(=O)c1ccc(CN2CCC(C)CC2)cc1. The van der Waals surface area contributed by atoms with Gasteiger partial charge in [-0.2, -0.15) is 0 Å². The Kier molecular flexibility index (Phi) is 7.56. The van der Waals surface area contributed by atoms with Crippen LogP contribution < -0.4 is 5.32 Å². The van der Waals surface area contributed by atoms with Gasteiger partial charge in [0.15, 0.2) is 0 Å². The number of nitrogens with zero attached hydrogens (tertiary/aromatic N) is 1. The number of hydrogen-bond acceptors (Lipinski definition) is 3. The fraction of sp³-hybridized carbons (Fsp3) is 0.632. The Hall–Kier alpha value is -1.39. The lowest BCUT2D eigenvalue weighted by atomic mass is 9.99. The lowest BCUT2D eigenvalue weighted by Gasteiger charge is -2.30. The second kappa shape index (κ2) is 9.68. The maximum Gasteiger partial charge on any atom is 0.251 e. The van der Waals surface area contributed by atoms with Crippen molar-refractivity contribution in [3.05, 3.63) is 35.4 Å². The highest BCUT2D eigenvalue weighted by atomic mass is 16.5. The van der Waals surface area contributed by atoms with Crippen LogP contribution in [0.2, 0.25) is 0 Å². The van der Waals surface area contributed by atoms with E-state index in [1.54, 1.807) is 0 Å². The first-order valence-corrected chi connectivity index (χ1v) is 8.86. The summed E-state index contributed by atoms with van der Waals surface area (Å²) in [5, 5.41) is 2.93. The highest BCUT2D eigenvalue weighted by Gasteiger charge is 2.15. The summed E-state index contributed by atoms with van der Waals surface area (Å²) in [7, 11) is 0. The minimum absolute atomic E-state index is 0.000143. The van der Waals surface area contributed by atoms with Crippen LogP contribution in [-0.4, -0.2) is 43.7 Å². The van der Waals surface area contributed by atoms with Crippen LogP contribution in [0.5, 0.6) is 0 Å². The zero-order valence-electron chi connectivity index (χ0n) is 14.5. The van der Waals surface area contributed by atoms with E-state index in [2.05, 4.69) is 29.3 Å². The number of likely N-dealkylation sites (tertiary alicyclic amines) is 1. The summed E-state index contributed by atoms with van der Waals surface area (Å²) in [4.78, 5) is 14.6. The van der Waals surface area contributed by atoms with Crippen LogP contribution in [0, 0.1) is 5.92 Å². The van der Waals surface area contributed by atoms with Gasteiger partial charge >= 0.3 is 0 Å². The van der Waals surface area contributed by atoms with Crippen molar-refractivity contribution in [3.63, 3.8) is 0 Å². The van der Waals surface area contributed by atoms with E-state index in [9.17, 15) is 4.79 Å². The molecule has 0 atom stereocenters. The lowest BCUT2D eigenvalue weighted by molar-refractivity contribution is 0.0944. The number of rotatable bonds is 8. The summed E-state index contributed by atoms with van der Waals surface area (Å²) in [6.07, 6.45) is 3.44. The number of nitrogens with one attached hydrogen (secondary N) is 1. The third-order valence-electron chi connectivity index (χ3n) is 4.45. The molecule has 4 heteroatoms. The summed E-state index contributed by atoms with van der Waals surface area (Å²) in [6, 6.07) is 8.01. The van der Waals surface area contributed by atoms with Gasteiger partial charge in [-0.05, 0) is 62.9 Å². The zero-order chi connectivity index (χ0) is 16.5. The van der Waals surface area contributed by atoms with Gasteiger partial charge in [-0.25, -0.2) is 0 Å². The number of ether oxygens (including phenoxy) is 1. The van der Waals surface area contributed by atoms with Crippen LogP contribution in [0.15, 0.2) is 24.3 Å². The summed E-state index contributed by atoms with van der Waals surface area (Å²) >= 11 is 0. The molecule has 0 aromatic heterocycles. The van der Waals surface area contributed by atoms with Crippen LogP contribution in [0.4, 0.5) is 0 Å². The van der Waals surface area contributed by atoms with Crippen molar-refractivity contribution in [3.8, 4) is 0 Å². The number of carbonyl (C=O) groups excluding carboxylic acids is 1. The van der Waals surface area contributed by atoms with Gasteiger partial charge in [0.25, 0.3) is 5.91 Å². The molecule has 1 aliphatic rings. The largest absolute Gasteiger partial charge is 0.382 e. The average Bonchev–Trinajstić information content (AvgIpc) is 2.57. The summed E-state index contributed by atoms with van der Waals surface area (Å²) in [5.41, 5.74) is 2.02. The Morgan fingerprint density at radius 3 is 2.61 bits per heavy atom. The number of hydrogen-bond donors (Lipinski definition) is 1. The van der Waals surface area contributed by atoms with Gasteiger partial charge in [-0.3, -0.25) is 9.69 Å². The van der Waals surface area contributed by atoms with Crippen molar-refractivity contribution in [2.75, 3.05) is 32.8 Å². The van der Waals surface area contributed by atoms with E-state index in [1.807, 2.05) is 19.1 Å². The molecule has 2 rings (SSSR count). The van der Waals surface area contributed by atoms with Gasteiger partial charge in [0.2, 0.25) is 0 Å². The quantitative estimate of drug-likeness (QED) is 0.749. The number of carbonyl (C=O) groups is 1. The van der Waals surface area contributed by atoms with Crippen molar-refractivity contribution in [2.45, 2.75) is 39.7 Å². The van der Waals surface area contributed by atoms with Crippen molar-refractivity contribution in [1.82, 2.24) is 10.2 Å². The summed E-state index contributed by atoms with van der Waals surface area (Å²) < 4.78 is 5.26. The summed E-state index contributed by atoms with van der Waals surface area (Å²) in [5.74, 6) is 0.861. The topological polar surface area (TPSA) is 41.6 Å². The van der Waals surface area contributed by atoms with E-state index >= 15 is 0 Å². The van der Waals surface area contributed by atoms with Gasteiger partial charge in [0.05, 0.1) is 0 Å². The third-order valence-corrected chi connectivity index (χ3v) is 4.45. The van der Waals surface area contributed by atoms with Crippen molar-refractivity contribution in [2.24, 2.45) is 5.92 Å². The summed E-state index contributed by atoms with van der Waals surface area (Å²) in [6.45, 7) is 9.75. The van der Waals surface area contributed by atoms with Gasteiger partial charge in [-0.1, -0.05) is 19.1 Å². The minimum Gasteiger partial charge on any atom is -0.382 e. The predicted octanol–water partition coefficient (Wildman–Crippen LogP) is 3.07. The predicted molar refractivity (Wildman–Crippen MR) is 93.6 cm³/mol. The molecule has 1 aromatic rings. The first-order chi connectivity index (χ1) is 11.2. The monoisotopic (exact) mass is 318 g/mol. The molecule has 0 bridgehead atoms. The minimum atomic E-state index is -0.000143. The molecule has 1 amide bonds. The van der Waals surface area contributed by atoms with Crippen LogP contribution in [-0.2, 0) is 11.3 Å². The maximum absolute atomic E-state index is 12.1. The van der Waals surface area contributed by atoms with Crippen LogP contribution in [0.3, 0.4) is 0 Å². The Morgan fingerprint density at radius 1 is 1.26 bits per heavy atom. The highest BCUT2D eigenvalue weighted by molar-refractivity contribution is 5.94. The van der Waals surface area contributed by atoms with Crippen LogP contribution >= 0.6 is 0 Å². The van der Waals surface area contributed by atoms with E-state index in [4.69, 9.17) is 4.74 Å². The average molecular weight is 318 g/mol. The van der Waals surface area contributed by atoms with Crippen molar-refractivity contribution < 1.29 is 9.53 Å². The molecule has 0 radical (unpaired) electrons. The maximum atomic E-state index is 12.1. The van der Waals surface area contributed by atoms with Gasteiger partial charge in [-0.15, -0.1) is 0 Å². The molecule has 128 valence electrons. The van der Waals surface area contributed by atoms with Crippen LogP contribution in [0.25, 0.3) is 0 Å². The Balaban J connectivity index is 1.74. The van der Waals surface area contributed by atoms with Gasteiger partial charge in [0, 0.05) is 31.9 Å². The van der Waals surface area contributed by atoms with E-state index in [1.165, 1.54) is 31.5 Å². The molecule has 0 saturated carbocycles. The molecule has 1 aromatic carbocycles. The molecule has 1 N–H and O–H groups in total. The standard InChI is InChI=1S/C19H30N2O2/c1-3-23-14-4-11-20-19(22)18-7-5-17(6-8-18)15-21-12-9-16(2)10-13-21/h5-8,16H,3-4,9-15H2,1-2H3,(H,20,22). The third kappa shape index (κ3) is 6.32. The molecule has 1 heterocycles. The molecule has 0 spiro atoms. The van der Waals surface area contributed by atoms with Gasteiger partial charge in [0.1, 0.15) is 0 Å². The fourth-order valence-electron chi connectivity index (χ4n) is 2.86. The Morgan fingerprint density at radius 2 is 1.96 bits per heavy atom. The van der Waals surface area contributed by atoms with Gasteiger partial charge < -0.3 is 10.1 Å². The highest BCUT2D eigenvalue weighted by Crippen LogP contribution is 2.18. The first kappa shape index (κ1) is 18.0. The molecular weight excluding hydrogens is 288 g/mol. The molecule has 4 nitrogen and oxygen atoms in total. The Labute approximate surface area is 140 Å². The van der Waals surface area contributed by atoms with Crippen molar-refractivity contribution >= 4 is 5.91 Å². The Bertz CT molecular complexity index is 465. The van der Waals surface area contributed by atoms with Crippen molar-refractivity contribution in [1.29, 1.82) is 0 Å². The number of benzene rings is 1. The number of amides is 1. The van der Waals surface area contributed by atoms with Crippen LogP contribution in [0.1, 0.15) is 49.0 Å².